The minimum Gasteiger partial charge on any atom is -0.352 e. The van der Waals surface area contributed by atoms with Crippen LogP contribution in [0.2, 0.25) is 0 Å². The lowest BCUT2D eigenvalue weighted by Crippen LogP contribution is -2.28. The van der Waals surface area contributed by atoms with Crippen LogP contribution in [0.25, 0.3) is 0 Å². The van der Waals surface area contributed by atoms with Crippen LogP contribution in [0.5, 0.6) is 0 Å². The van der Waals surface area contributed by atoms with Crippen molar-refractivity contribution < 1.29 is 22.8 Å². The van der Waals surface area contributed by atoms with E-state index in [1.165, 1.54) is 0 Å². The van der Waals surface area contributed by atoms with Gasteiger partial charge in [-0.1, -0.05) is 26.0 Å². The number of benzene rings is 2. The van der Waals surface area contributed by atoms with Gasteiger partial charge >= 0.3 is 6.18 Å². The first kappa shape index (κ1) is 19.5. The van der Waals surface area contributed by atoms with Crippen LogP contribution in [0.3, 0.4) is 0 Å². The summed E-state index contributed by atoms with van der Waals surface area (Å²) in [6.45, 7) is 4.40. The van der Waals surface area contributed by atoms with E-state index in [0.717, 1.165) is 24.3 Å². The number of amides is 2. The van der Waals surface area contributed by atoms with Crippen LogP contribution in [0, 0.1) is 5.92 Å². The van der Waals surface area contributed by atoms with Gasteiger partial charge in [-0.05, 0) is 42.3 Å². The first-order chi connectivity index (χ1) is 12.2. The van der Waals surface area contributed by atoms with E-state index in [0.29, 0.717) is 12.2 Å². The molecule has 0 bridgehead atoms. The van der Waals surface area contributed by atoms with E-state index in [4.69, 9.17) is 0 Å². The lowest BCUT2D eigenvalue weighted by atomic mass is 10.1. The molecular weight excluding hydrogens is 345 g/mol. The van der Waals surface area contributed by atoms with Gasteiger partial charge in [0.2, 0.25) is 0 Å². The van der Waals surface area contributed by atoms with Gasteiger partial charge in [0.15, 0.2) is 0 Å². The van der Waals surface area contributed by atoms with E-state index < -0.39 is 17.6 Å². The summed E-state index contributed by atoms with van der Waals surface area (Å²) in [4.78, 5) is 24.5. The van der Waals surface area contributed by atoms with Crippen LogP contribution in [-0.2, 0) is 6.18 Å². The van der Waals surface area contributed by atoms with Crippen molar-refractivity contribution in [1.82, 2.24) is 5.32 Å². The lowest BCUT2D eigenvalue weighted by molar-refractivity contribution is -0.137. The summed E-state index contributed by atoms with van der Waals surface area (Å²) in [5, 5.41) is 5.33. The van der Waals surface area contributed by atoms with Gasteiger partial charge in [-0.3, -0.25) is 9.59 Å². The average molecular weight is 364 g/mol. The molecule has 2 rings (SSSR count). The van der Waals surface area contributed by atoms with Crippen molar-refractivity contribution in [3.63, 3.8) is 0 Å². The van der Waals surface area contributed by atoms with Crippen LogP contribution in [0.4, 0.5) is 18.9 Å². The molecule has 0 spiro atoms. The number of carbonyl (C=O) groups excluding carboxylic acids is 2. The fourth-order valence-corrected chi connectivity index (χ4v) is 2.19. The van der Waals surface area contributed by atoms with Gasteiger partial charge in [-0.25, -0.2) is 0 Å². The zero-order valence-electron chi connectivity index (χ0n) is 14.4. The molecular formula is C19H19F3N2O2. The number of anilines is 1. The Kier molecular flexibility index (Phi) is 6.02. The third-order valence-corrected chi connectivity index (χ3v) is 3.57. The van der Waals surface area contributed by atoms with E-state index in [1.807, 2.05) is 13.8 Å². The average Bonchev–Trinajstić information content (AvgIpc) is 2.59. The minimum absolute atomic E-state index is 0.0652. The van der Waals surface area contributed by atoms with Gasteiger partial charge in [0.25, 0.3) is 11.8 Å². The maximum Gasteiger partial charge on any atom is 0.416 e. The predicted octanol–water partition coefficient (Wildman–Crippen LogP) is 4.34. The molecule has 2 aromatic rings. The molecule has 0 unspecified atom stereocenters. The van der Waals surface area contributed by atoms with Crippen molar-refractivity contribution in [2.75, 3.05) is 11.9 Å². The second-order valence-corrected chi connectivity index (χ2v) is 6.18. The van der Waals surface area contributed by atoms with Crippen LogP contribution in [0.1, 0.15) is 40.1 Å². The third kappa shape index (κ3) is 5.08. The van der Waals surface area contributed by atoms with Gasteiger partial charge in [-0.2, -0.15) is 13.2 Å². The zero-order chi connectivity index (χ0) is 19.3. The van der Waals surface area contributed by atoms with E-state index in [9.17, 15) is 22.8 Å². The second kappa shape index (κ2) is 8.03. The van der Waals surface area contributed by atoms with Crippen molar-refractivity contribution in [3.05, 3.63) is 65.2 Å². The van der Waals surface area contributed by atoms with Crippen molar-refractivity contribution in [3.8, 4) is 0 Å². The van der Waals surface area contributed by atoms with Crippen LogP contribution >= 0.6 is 0 Å². The molecule has 0 aliphatic rings. The summed E-state index contributed by atoms with van der Waals surface area (Å²) < 4.78 is 37.8. The molecule has 0 fully saturated rings. The highest BCUT2D eigenvalue weighted by atomic mass is 19.4. The molecule has 0 saturated carbocycles. The van der Waals surface area contributed by atoms with E-state index >= 15 is 0 Å². The second-order valence-electron chi connectivity index (χ2n) is 6.18. The molecule has 2 amide bonds. The molecule has 2 aromatic carbocycles. The number of hydrogen-bond acceptors (Lipinski definition) is 2. The predicted molar refractivity (Wildman–Crippen MR) is 93.0 cm³/mol. The first-order valence-corrected chi connectivity index (χ1v) is 8.04. The summed E-state index contributed by atoms with van der Waals surface area (Å²) in [5.74, 6) is -0.655. The summed E-state index contributed by atoms with van der Waals surface area (Å²) in [6.07, 6.45) is -4.46. The molecule has 4 nitrogen and oxygen atoms in total. The van der Waals surface area contributed by atoms with E-state index in [2.05, 4.69) is 10.6 Å². The van der Waals surface area contributed by atoms with Crippen LogP contribution in [-0.4, -0.2) is 18.4 Å². The highest BCUT2D eigenvalue weighted by Crippen LogP contribution is 2.29. The molecule has 0 atom stereocenters. The Labute approximate surface area is 149 Å². The summed E-state index contributed by atoms with van der Waals surface area (Å²) in [7, 11) is 0. The van der Waals surface area contributed by atoms with Gasteiger partial charge in [0.05, 0.1) is 16.8 Å². The summed E-state index contributed by atoms with van der Waals surface area (Å²) in [6, 6.07) is 10.3. The van der Waals surface area contributed by atoms with Crippen LogP contribution < -0.4 is 10.6 Å². The number of hydrogen-bond donors (Lipinski definition) is 2. The molecule has 2 N–H and O–H groups in total. The monoisotopic (exact) mass is 364 g/mol. The lowest BCUT2D eigenvalue weighted by Gasteiger charge is -2.13. The zero-order valence-corrected chi connectivity index (χ0v) is 14.4. The van der Waals surface area contributed by atoms with Crippen molar-refractivity contribution in [1.29, 1.82) is 0 Å². The first-order valence-electron chi connectivity index (χ1n) is 8.04. The van der Waals surface area contributed by atoms with Gasteiger partial charge in [-0.15, -0.1) is 0 Å². The Hall–Kier alpha value is -2.83. The Morgan fingerprint density at radius 2 is 1.58 bits per heavy atom. The van der Waals surface area contributed by atoms with E-state index in [1.54, 1.807) is 24.3 Å². The number of nitrogens with one attached hydrogen (secondary N) is 2. The quantitative estimate of drug-likeness (QED) is 0.829. The van der Waals surface area contributed by atoms with Crippen LogP contribution in [0.15, 0.2) is 48.5 Å². The third-order valence-electron chi connectivity index (χ3n) is 3.57. The summed E-state index contributed by atoms with van der Waals surface area (Å²) >= 11 is 0. The maximum absolute atomic E-state index is 12.6. The number of para-hydroxylation sites is 1. The SMILES string of the molecule is CC(C)CNC(=O)c1ccccc1NC(=O)c1ccc(C(F)(F)F)cc1. The van der Waals surface area contributed by atoms with Gasteiger partial charge in [0.1, 0.15) is 0 Å². The van der Waals surface area contributed by atoms with Crippen molar-refractivity contribution >= 4 is 17.5 Å². The highest BCUT2D eigenvalue weighted by Gasteiger charge is 2.30. The molecule has 0 heterocycles. The number of alkyl halides is 3. The van der Waals surface area contributed by atoms with Crippen molar-refractivity contribution in [2.24, 2.45) is 5.92 Å². The Morgan fingerprint density at radius 3 is 2.15 bits per heavy atom. The number of rotatable bonds is 5. The smallest absolute Gasteiger partial charge is 0.352 e. The van der Waals surface area contributed by atoms with Gasteiger partial charge < -0.3 is 10.6 Å². The van der Waals surface area contributed by atoms with Gasteiger partial charge in [0, 0.05) is 12.1 Å². The summed E-state index contributed by atoms with van der Waals surface area (Å²) in [5.41, 5.74) is -0.190. The maximum atomic E-state index is 12.6. The molecule has 138 valence electrons. The Bertz CT molecular complexity index is 784. The van der Waals surface area contributed by atoms with E-state index in [-0.39, 0.29) is 23.0 Å². The molecule has 0 aromatic heterocycles. The molecule has 0 aliphatic heterocycles. The molecule has 7 heteroatoms. The normalized spacial score (nSPS) is 11.3. The number of halogens is 3. The molecule has 26 heavy (non-hydrogen) atoms. The topological polar surface area (TPSA) is 58.2 Å². The number of carbonyl (C=O) groups is 2. The minimum atomic E-state index is -4.46. The highest BCUT2D eigenvalue weighted by molar-refractivity contribution is 6.09. The Balaban J connectivity index is 2.15. The molecule has 0 saturated heterocycles. The Morgan fingerprint density at radius 1 is 0.962 bits per heavy atom. The standard InChI is InChI=1S/C19H19F3N2O2/c1-12(2)11-23-18(26)15-5-3-4-6-16(15)24-17(25)13-7-9-14(10-8-13)19(20,21)22/h3-10,12H,11H2,1-2H3,(H,23,26)(H,24,25). The largest absolute Gasteiger partial charge is 0.416 e. The van der Waals surface area contributed by atoms with Crippen molar-refractivity contribution in [2.45, 2.75) is 20.0 Å². The molecule has 0 aliphatic carbocycles. The molecule has 0 radical (unpaired) electrons. The fourth-order valence-electron chi connectivity index (χ4n) is 2.19. The fraction of sp³-hybridized carbons (Fsp3) is 0.263.